The molecule has 0 aliphatic carbocycles. The topological polar surface area (TPSA) is 133 Å². The van der Waals surface area contributed by atoms with Crippen molar-refractivity contribution in [1.82, 2.24) is 0 Å². The summed E-state index contributed by atoms with van der Waals surface area (Å²) in [7, 11) is -4.84. The van der Waals surface area contributed by atoms with Crippen LogP contribution in [-0.4, -0.2) is 76.6 Å². The van der Waals surface area contributed by atoms with Crippen molar-refractivity contribution in [3.05, 3.63) is 0 Å². The van der Waals surface area contributed by atoms with Gasteiger partial charge in [0.2, 0.25) is 12.1 Å². The number of ether oxygens (including phenoxy) is 1. The van der Waals surface area contributed by atoms with Crippen LogP contribution in [0.5, 0.6) is 0 Å². The normalized spacial score (nSPS) is 23.6. The van der Waals surface area contributed by atoms with Crippen LogP contribution in [0, 0.1) is 0 Å². The van der Waals surface area contributed by atoms with Crippen molar-refractivity contribution in [3.8, 4) is 0 Å². The number of amides is 1. The van der Waals surface area contributed by atoms with E-state index in [2.05, 4.69) is 30.8 Å². The first kappa shape index (κ1) is 33.5. The number of carboxylic acids is 1. The fraction of sp³-hybridized carbons (Fsp3) is 0.833. The molecular formula is C24H45F2N3O6Si2. The molecule has 9 nitrogen and oxygen atoms in total. The van der Waals surface area contributed by atoms with Crippen molar-refractivity contribution in [2.24, 2.45) is 15.7 Å². The van der Waals surface area contributed by atoms with Crippen LogP contribution in [0.4, 0.5) is 8.78 Å². The first-order valence-corrected chi connectivity index (χ1v) is 18.3. The molecule has 214 valence electrons. The second kappa shape index (κ2) is 12.1. The van der Waals surface area contributed by atoms with Gasteiger partial charge in [0.15, 0.2) is 16.6 Å². The number of halogens is 2. The third-order valence-electron chi connectivity index (χ3n) is 7.35. The smallest absolute Gasteiger partial charge is 0.320 e. The highest BCUT2D eigenvalue weighted by Crippen LogP contribution is 2.45. The first-order valence-electron chi connectivity index (χ1n) is 12.5. The molecule has 1 fully saturated rings. The molecule has 0 aromatic carbocycles. The molecule has 0 bridgehead atoms. The van der Waals surface area contributed by atoms with Crippen LogP contribution in [0.2, 0.25) is 36.3 Å². The molecule has 0 saturated carbocycles. The average Bonchev–Trinajstić information content (AvgIpc) is 2.92. The van der Waals surface area contributed by atoms with Gasteiger partial charge in [-0.3, -0.25) is 14.6 Å². The Hall–Kier alpha value is -1.55. The van der Waals surface area contributed by atoms with Gasteiger partial charge in [0.1, 0.15) is 18.0 Å². The van der Waals surface area contributed by atoms with Gasteiger partial charge in [-0.15, -0.1) is 0 Å². The zero-order chi connectivity index (χ0) is 29.0. The highest BCUT2D eigenvalue weighted by Gasteiger charge is 2.62. The van der Waals surface area contributed by atoms with Crippen molar-refractivity contribution < 1.29 is 37.1 Å². The van der Waals surface area contributed by atoms with Gasteiger partial charge in [0.05, 0.1) is 13.0 Å². The zero-order valence-corrected chi connectivity index (χ0v) is 25.9. The van der Waals surface area contributed by atoms with Crippen molar-refractivity contribution >= 4 is 40.6 Å². The fourth-order valence-corrected chi connectivity index (χ4v) is 5.16. The van der Waals surface area contributed by atoms with E-state index in [-0.39, 0.29) is 41.8 Å². The molecule has 1 rings (SSSR count). The van der Waals surface area contributed by atoms with Crippen LogP contribution in [0.3, 0.4) is 0 Å². The van der Waals surface area contributed by atoms with E-state index in [1.54, 1.807) is 0 Å². The first-order chi connectivity index (χ1) is 16.5. The Labute approximate surface area is 221 Å². The number of nitrogens with zero attached hydrogens (tertiary/aromatic N) is 2. The van der Waals surface area contributed by atoms with E-state index in [0.29, 0.717) is 0 Å². The average molecular weight is 566 g/mol. The van der Waals surface area contributed by atoms with E-state index in [4.69, 9.17) is 24.4 Å². The monoisotopic (exact) mass is 565 g/mol. The summed E-state index contributed by atoms with van der Waals surface area (Å²) in [5, 5.41) is 8.23. The van der Waals surface area contributed by atoms with Gasteiger partial charge in [0, 0.05) is 19.1 Å². The number of carbonyl (C=O) groups excluding carboxylic acids is 1. The molecule has 3 atom stereocenters. The van der Waals surface area contributed by atoms with Crippen LogP contribution < -0.4 is 5.73 Å². The molecule has 3 N–H and O–H groups in total. The molecule has 0 aromatic rings. The van der Waals surface area contributed by atoms with Gasteiger partial charge in [0.25, 0.3) is 0 Å². The van der Waals surface area contributed by atoms with Crippen molar-refractivity contribution in [2.45, 2.75) is 121 Å². The Kier molecular flexibility index (Phi) is 10.9. The fourth-order valence-electron chi connectivity index (χ4n) is 2.85. The molecule has 0 aromatic heterocycles. The number of carbonyl (C=O) groups is 2. The number of aliphatic imine (C=N–C) groups is 2. The standard InChI is InChI=1S/C24H45F2N3O6Si2/c1-22(2,3)36(7,8)33-15-16-20(35-37(9,10)23(4,5)6)24(25,26)21(34-16)28-14-13-17(27)29-18(30)11-12-19(31)32/h14,16,20-21H,11-13,15H2,1-10H3,(H,31,32)(H2,27,29,30). The highest BCUT2D eigenvalue weighted by molar-refractivity contribution is 6.74. The van der Waals surface area contributed by atoms with Crippen molar-refractivity contribution in [3.63, 3.8) is 0 Å². The second-order valence-corrected chi connectivity index (χ2v) is 22.1. The SMILES string of the molecule is CC(C)(C)[Si](C)(C)OCC1OC(N=CCC(N)=NC(=O)CCC(=O)O)C(F)(F)C1O[Si](C)(C)C(C)(C)C. The number of rotatable bonds is 11. The number of hydrogen-bond donors (Lipinski definition) is 2. The lowest BCUT2D eigenvalue weighted by Crippen LogP contribution is -2.53. The quantitative estimate of drug-likeness (QED) is 0.205. The largest absolute Gasteiger partial charge is 0.481 e. The van der Waals surface area contributed by atoms with E-state index in [1.807, 2.05) is 47.0 Å². The van der Waals surface area contributed by atoms with Gasteiger partial charge in [-0.25, -0.2) is 4.99 Å². The summed E-state index contributed by atoms with van der Waals surface area (Å²) in [6, 6.07) is 0. The summed E-state index contributed by atoms with van der Waals surface area (Å²) in [6.45, 7) is 20.0. The predicted octanol–water partition coefficient (Wildman–Crippen LogP) is 4.97. The summed E-state index contributed by atoms with van der Waals surface area (Å²) >= 11 is 0. The van der Waals surface area contributed by atoms with E-state index in [1.165, 1.54) is 0 Å². The number of hydrogen-bond acceptors (Lipinski definition) is 6. The molecule has 1 aliphatic heterocycles. The summed E-state index contributed by atoms with van der Waals surface area (Å²) in [6.07, 6.45) is -4.10. The van der Waals surface area contributed by atoms with Crippen LogP contribution in [0.25, 0.3) is 0 Å². The lowest BCUT2D eigenvalue weighted by atomic mass is 10.1. The van der Waals surface area contributed by atoms with Crippen LogP contribution in [-0.2, 0) is 23.2 Å². The second-order valence-electron chi connectivity index (χ2n) is 12.5. The molecule has 1 saturated heterocycles. The maximum Gasteiger partial charge on any atom is 0.320 e. The molecule has 0 spiro atoms. The number of amidine groups is 1. The number of carboxylic acid groups (broad SMARTS) is 1. The maximum absolute atomic E-state index is 15.6. The van der Waals surface area contributed by atoms with Gasteiger partial charge < -0.3 is 24.4 Å². The molecule has 13 heteroatoms. The molecule has 0 radical (unpaired) electrons. The molecule has 1 heterocycles. The number of aliphatic carboxylic acids is 1. The Balaban J connectivity index is 3.11. The van der Waals surface area contributed by atoms with E-state index in [9.17, 15) is 9.59 Å². The van der Waals surface area contributed by atoms with Crippen LogP contribution in [0.1, 0.15) is 60.8 Å². The van der Waals surface area contributed by atoms with E-state index in [0.717, 1.165) is 6.21 Å². The third-order valence-corrected chi connectivity index (χ3v) is 16.3. The Morgan fingerprint density at radius 2 is 1.59 bits per heavy atom. The minimum Gasteiger partial charge on any atom is -0.481 e. The van der Waals surface area contributed by atoms with Crippen LogP contribution >= 0.6 is 0 Å². The lowest BCUT2D eigenvalue weighted by molar-refractivity contribution is -0.138. The van der Waals surface area contributed by atoms with Crippen molar-refractivity contribution in [2.75, 3.05) is 6.61 Å². The molecule has 1 amide bonds. The summed E-state index contributed by atoms with van der Waals surface area (Å²) in [5.74, 6) is -5.43. The molecule has 3 unspecified atom stereocenters. The Morgan fingerprint density at radius 3 is 2.08 bits per heavy atom. The highest BCUT2D eigenvalue weighted by atomic mass is 28.4. The van der Waals surface area contributed by atoms with Crippen LogP contribution in [0.15, 0.2) is 9.98 Å². The number of alkyl halides is 2. The zero-order valence-electron chi connectivity index (χ0n) is 23.9. The van der Waals surface area contributed by atoms with Gasteiger partial charge >= 0.3 is 11.9 Å². The lowest BCUT2D eigenvalue weighted by Gasteiger charge is -2.41. The molecule has 1 aliphatic rings. The Morgan fingerprint density at radius 1 is 1.05 bits per heavy atom. The number of nitrogens with two attached hydrogens (primary N) is 1. The molecule has 37 heavy (non-hydrogen) atoms. The summed E-state index contributed by atoms with van der Waals surface area (Å²) < 4.78 is 49.4. The molecular weight excluding hydrogens is 520 g/mol. The van der Waals surface area contributed by atoms with Gasteiger partial charge in [-0.2, -0.15) is 8.78 Å². The van der Waals surface area contributed by atoms with Gasteiger partial charge in [-0.1, -0.05) is 41.5 Å². The summed E-state index contributed by atoms with van der Waals surface area (Å²) in [5.41, 5.74) is 5.68. The minimum atomic E-state index is -3.43. The summed E-state index contributed by atoms with van der Waals surface area (Å²) in [4.78, 5) is 29.7. The van der Waals surface area contributed by atoms with E-state index < -0.39 is 52.9 Å². The van der Waals surface area contributed by atoms with Crippen molar-refractivity contribution in [1.29, 1.82) is 0 Å². The van der Waals surface area contributed by atoms with Gasteiger partial charge in [-0.05, 0) is 36.3 Å². The minimum absolute atomic E-state index is 0.0426. The predicted molar refractivity (Wildman–Crippen MR) is 145 cm³/mol. The Bertz CT molecular complexity index is 883. The van der Waals surface area contributed by atoms with E-state index >= 15 is 8.78 Å². The maximum atomic E-state index is 15.6. The third kappa shape index (κ3) is 9.30.